The number of pyridine rings is 1. The van der Waals surface area contributed by atoms with Crippen molar-refractivity contribution in [3.63, 3.8) is 0 Å². The van der Waals surface area contributed by atoms with Crippen molar-refractivity contribution >= 4 is 17.4 Å². The smallest absolute Gasteiger partial charge is 0.219 e. The van der Waals surface area contributed by atoms with Crippen LogP contribution in [0.4, 0.5) is 15.9 Å². The molecule has 166 valence electrons. The van der Waals surface area contributed by atoms with Gasteiger partial charge in [-0.15, -0.1) is 0 Å². The predicted molar refractivity (Wildman–Crippen MR) is 120 cm³/mol. The second-order valence-corrected chi connectivity index (χ2v) is 8.04. The summed E-state index contributed by atoms with van der Waals surface area (Å²) in [6.45, 7) is 4.22. The third-order valence-corrected chi connectivity index (χ3v) is 5.74. The van der Waals surface area contributed by atoms with Gasteiger partial charge >= 0.3 is 0 Å². The molecule has 32 heavy (non-hydrogen) atoms. The van der Waals surface area contributed by atoms with Gasteiger partial charge in [-0.3, -0.25) is 9.78 Å². The summed E-state index contributed by atoms with van der Waals surface area (Å²) in [4.78, 5) is 27.8. The van der Waals surface area contributed by atoms with Gasteiger partial charge in [-0.2, -0.15) is 0 Å². The van der Waals surface area contributed by atoms with Crippen LogP contribution >= 0.6 is 0 Å². The molecule has 4 rings (SSSR count). The zero-order valence-corrected chi connectivity index (χ0v) is 18.4. The molecule has 0 radical (unpaired) electrons. The van der Waals surface area contributed by atoms with E-state index in [1.165, 1.54) is 12.1 Å². The number of nitrogens with zero attached hydrogens (tertiary/aromatic N) is 4. The number of rotatable bonds is 5. The highest BCUT2D eigenvalue weighted by Gasteiger charge is 2.30. The second-order valence-electron chi connectivity index (χ2n) is 8.04. The molecule has 2 aromatic heterocycles. The third-order valence-electron chi connectivity index (χ3n) is 5.74. The van der Waals surface area contributed by atoms with Gasteiger partial charge < -0.3 is 15.0 Å². The first-order chi connectivity index (χ1) is 15.4. The van der Waals surface area contributed by atoms with Crippen molar-refractivity contribution in [1.82, 2.24) is 19.9 Å². The van der Waals surface area contributed by atoms with E-state index in [1.807, 2.05) is 11.0 Å². The third kappa shape index (κ3) is 4.85. The fraction of sp³-hybridized carbons (Fsp3) is 0.333. The average Bonchev–Trinajstić information content (AvgIpc) is 2.79. The number of methoxy groups -OCH3 is 1. The normalized spacial score (nSPS) is 18.3. The largest absolute Gasteiger partial charge is 0.495 e. The number of hydrogen-bond acceptors (Lipinski definition) is 6. The Bertz CT molecular complexity index is 1120. The average molecular weight is 436 g/mol. The van der Waals surface area contributed by atoms with Crippen LogP contribution in [0.3, 0.4) is 0 Å². The van der Waals surface area contributed by atoms with Gasteiger partial charge in [-0.25, -0.2) is 14.4 Å². The number of amides is 1. The van der Waals surface area contributed by atoms with Gasteiger partial charge in [-0.05, 0) is 44.0 Å². The Labute approximate surface area is 186 Å². The van der Waals surface area contributed by atoms with Crippen LogP contribution < -0.4 is 10.1 Å². The molecule has 1 amide bonds. The van der Waals surface area contributed by atoms with Crippen molar-refractivity contribution in [3.05, 3.63) is 60.4 Å². The Balaban J connectivity index is 1.74. The van der Waals surface area contributed by atoms with E-state index >= 15 is 0 Å². The Morgan fingerprint density at radius 1 is 1.19 bits per heavy atom. The maximum absolute atomic E-state index is 13.7. The summed E-state index contributed by atoms with van der Waals surface area (Å²) in [5, 5.41) is 3.18. The minimum atomic E-state index is -0.333. The monoisotopic (exact) mass is 435 g/mol. The number of carbonyl (C=O) groups excluding carboxylic acids is 1. The van der Waals surface area contributed by atoms with Crippen LogP contribution in [-0.2, 0) is 4.79 Å². The van der Waals surface area contributed by atoms with Crippen molar-refractivity contribution < 1.29 is 13.9 Å². The lowest BCUT2D eigenvalue weighted by Crippen LogP contribution is -2.44. The van der Waals surface area contributed by atoms with Crippen LogP contribution in [0.25, 0.3) is 11.3 Å². The van der Waals surface area contributed by atoms with Crippen molar-refractivity contribution in [2.75, 3.05) is 19.0 Å². The van der Waals surface area contributed by atoms with Crippen LogP contribution in [0, 0.1) is 5.82 Å². The molecule has 1 aliphatic heterocycles. The van der Waals surface area contributed by atoms with E-state index in [2.05, 4.69) is 17.2 Å². The topological polar surface area (TPSA) is 80.2 Å². The molecule has 3 aromatic rings. The highest BCUT2D eigenvalue weighted by atomic mass is 19.1. The molecule has 8 heteroatoms. The van der Waals surface area contributed by atoms with Crippen LogP contribution in [0.15, 0.2) is 48.8 Å². The molecule has 0 saturated carbocycles. The van der Waals surface area contributed by atoms with Gasteiger partial charge in [0.1, 0.15) is 23.2 Å². The maximum Gasteiger partial charge on any atom is 0.219 e. The van der Waals surface area contributed by atoms with Gasteiger partial charge in [0.05, 0.1) is 19.0 Å². The van der Waals surface area contributed by atoms with Crippen molar-refractivity contribution in [1.29, 1.82) is 0 Å². The molecule has 0 bridgehead atoms. The first kappa shape index (κ1) is 21.7. The van der Waals surface area contributed by atoms with Gasteiger partial charge in [0.15, 0.2) is 0 Å². The molecule has 1 saturated heterocycles. The van der Waals surface area contributed by atoms with Gasteiger partial charge in [0, 0.05) is 48.9 Å². The van der Waals surface area contributed by atoms with Gasteiger partial charge in [-0.1, -0.05) is 6.07 Å². The van der Waals surface area contributed by atoms with E-state index in [0.29, 0.717) is 35.3 Å². The first-order valence-corrected chi connectivity index (χ1v) is 10.6. The minimum absolute atomic E-state index is 0.00155. The van der Waals surface area contributed by atoms with Crippen LogP contribution in [0.2, 0.25) is 0 Å². The number of nitrogens with one attached hydrogen (secondary N) is 1. The van der Waals surface area contributed by atoms with E-state index in [0.717, 1.165) is 18.4 Å². The summed E-state index contributed by atoms with van der Waals surface area (Å²) in [7, 11) is 1.59. The molecule has 7 nitrogen and oxygen atoms in total. The van der Waals surface area contributed by atoms with Crippen LogP contribution in [0.5, 0.6) is 5.75 Å². The van der Waals surface area contributed by atoms with E-state index in [1.54, 1.807) is 44.6 Å². The number of piperidine rings is 1. The Morgan fingerprint density at radius 2 is 2.03 bits per heavy atom. The van der Waals surface area contributed by atoms with Gasteiger partial charge in [0.2, 0.25) is 5.91 Å². The maximum atomic E-state index is 13.7. The summed E-state index contributed by atoms with van der Waals surface area (Å²) < 4.78 is 19.0. The number of likely N-dealkylation sites (tertiary alicyclic amines) is 1. The van der Waals surface area contributed by atoms with E-state index < -0.39 is 0 Å². The van der Waals surface area contributed by atoms with E-state index in [4.69, 9.17) is 14.7 Å². The Kier molecular flexibility index (Phi) is 6.30. The molecular formula is C24H26FN5O2. The summed E-state index contributed by atoms with van der Waals surface area (Å²) in [6, 6.07) is 10.1. The summed E-state index contributed by atoms with van der Waals surface area (Å²) in [5.41, 5.74) is 2.04. The van der Waals surface area contributed by atoms with Crippen molar-refractivity contribution in [2.24, 2.45) is 0 Å². The molecule has 1 N–H and O–H groups in total. The van der Waals surface area contributed by atoms with E-state index in [-0.39, 0.29) is 23.7 Å². The molecule has 0 spiro atoms. The van der Waals surface area contributed by atoms with Crippen molar-refractivity contribution in [2.45, 2.75) is 38.6 Å². The van der Waals surface area contributed by atoms with E-state index in [9.17, 15) is 9.18 Å². The molecule has 2 atom stereocenters. The zero-order chi connectivity index (χ0) is 22.7. The minimum Gasteiger partial charge on any atom is -0.495 e. The molecule has 3 heterocycles. The SMILES string of the molecule is COc1cncc(-c2cc(Nc3cccc(F)c3)nc(C3CC[C@@H](C)N(C(C)=O)C3)n2)c1. The Hall–Kier alpha value is -3.55. The number of carbonyl (C=O) groups is 1. The lowest BCUT2D eigenvalue weighted by atomic mass is 9.92. The lowest BCUT2D eigenvalue weighted by Gasteiger charge is -2.37. The quantitative estimate of drug-likeness (QED) is 0.634. The summed E-state index contributed by atoms with van der Waals surface area (Å²) >= 11 is 0. The first-order valence-electron chi connectivity index (χ1n) is 10.6. The number of benzene rings is 1. The highest BCUT2D eigenvalue weighted by molar-refractivity contribution is 5.74. The summed E-state index contributed by atoms with van der Waals surface area (Å²) in [6.07, 6.45) is 5.10. The Morgan fingerprint density at radius 3 is 2.78 bits per heavy atom. The highest BCUT2D eigenvalue weighted by Crippen LogP contribution is 2.32. The van der Waals surface area contributed by atoms with Crippen molar-refractivity contribution in [3.8, 4) is 17.0 Å². The molecule has 1 fully saturated rings. The van der Waals surface area contributed by atoms with Gasteiger partial charge in [0.25, 0.3) is 0 Å². The fourth-order valence-corrected chi connectivity index (χ4v) is 4.00. The number of aromatic nitrogens is 3. The van der Waals surface area contributed by atoms with Crippen LogP contribution in [-0.4, -0.2) is 45.5 Å². The van der Waals surface area contributed by atoms with Crippen LogP contribution in [0.1, 0.15) is 38.4 Å². The number of hydrogen-bond donors (Lipinski definition) is 1. The summed E-state index contributed by atoms with van der Waals surface area (Å²) in [5.74, 6) is 1.53. The molecular weight excluding hydrogens is 409 g/mol. The predicted octanol–water partition coefficient (Wildman–Crippen LogP) is 4.54. The number of halogens is 1. The molecule has 1 aliphatic rings. The molecule has 1 aromatic carbocycles. The molecule has 0 aliphatic carbocycles. The number of ether oxygens (including phenoxy) is 1. The zero-order valence-electron chi connectivity index (χ0n) is 18.4. The standard InChI is InChI=1S/C24H26FN5O2/c1-15-7-8-17(14-30(15)16(2)31)24-28-22(18-9-21(32-3)13-26-12-18)11-23(29-24)27-20-6-4-5-19(25)10-20/h4-6,9-13,15,17H,7-8,14H2,1-3H3,(H,27,28,29)/t15-,17?/m1/s1. The number of anilines is 2. The fourth-order valence-electron chi connectivity index (χ4n) is 4.00. The second kappa shape index (κ2) is 9.30. The molecule has 1 unspecified atom stereocenters. The lowest BCUT2D eigenvalue weighted by molar-refractivity contribution is -0.132.